The van der Waals surface area contributed by atoms with Crippen LogP contribution in [-0.2, 0) is 42.1 Å². The minimum atomic E-state index is 0. The standard InChI is InChI=1S/C56H44N10O2.2Pt/c1-7-27-61(28-8-1)41-15-19-43(20-16-41)63-39-65(55-13-5-3-11-53(55)63)45-31-49(37-57-35-45)67-47-23-25-59-51(33-47)52-34-48(24-26-60-52)68-50-32-46(36-58-38-50)66-40-64(54-12-4-6-14-56(54)66)44-21-17-42(18-22-44)62-29-9-2-10-30-62;;/h3-6,11-26,35-38H,1-2,7-10,27-30H2;;/q-4;;. The van der Waals surface area contributed by atoms with Crippen LogP contribution >= 0.6 is 0 Å². The molecule has 70 heavy (non-hydrogen) atoms. The number of imidazole rings is 2. The molecule has 14 heteroatoms. The molecule has 2 aliphatic heterocycles. The summed E-state index contributed by atoms with van der Waals surface area (Å²) >= 11 is 0. The molecule has 2 saturated heterocycles. The molecule has 10 aromatic rings. The van der Waals surface area contributed by atoms with Crippen LogP contribution < -0.4 is 28.4 Å². The van der Waals surface area contributed by atoms with Crippen LogP contribution in [0.1, 0.15) is 38.5 Å². The van der Waals surface area contributed by atoms with Gasteiger partial charge in [0.1, 0.15) is 0 Å². The number of rotatable bonds is 11. The van der Waals surface area contributed by atoms with Crippen molar-refractivity contribution in [2.75, 3.05) is 36.0 Å². The molecule has 0 bridgehead atoms. The largest absolute Gasteiger partial charge is 0.509 e. The maximum Gasteiger partial charge on any atom is 0.268 e. The molecule has 0 radical (unpaired) electrons. The first-order chi connectivity index (χ1) is 33.7. The van der Waals surface area contributed by atoms with Gasteiger partial charge >= 0.3 is 0 Å². The number of hydrogen-bond donors (Lipinski definition) is 0. The Bertz CT molecular complexity index is 3180. The predicted octanol–water partition coefficient (Wildman–Crippen LogP) is 9.74. The number of nitrogens with zero attached hydrogens (tertiary/aromatic N) is 10. The number of para-hydroxylation sites is 4. The number of piperidine rings is 2. The van der Waals surface area contributed by atoms with Gasteiger partial charge in [-0.15, -0.1) is 35.7 Å². The van der Waals surface area contributed by atoms with Crippen LogP contribution in [0.5, 0.6) is 23.0 Å². The van der Waals surface area contributed by atoms with Gasteiger partial charge in [-0.2, -0.15) is 12.1 Å². The van der Waals surface area contributed by atoms with Crippen LogP contribution in [0, 0.1) is 36.9 Å². The normalized spacial score (nSPS) is 13.7. The zero-order valence-electron chi connectivity index (χ0n) is 37.8. The van der Waals surface area contributed by atoms with E-state index >= 15 is 0 Å². The van der Waals surface area contributed by atoms with E-state index in [0.717, 1.165) is 59.6 Å². The van der Waals surface area contributed by atoms with Crippen LogP contribution in [0.15, 0.2) is 146 Å². The molecule has 2 aliphatic rings. The van der Waals surface area contributed by atoms with Gasteiger partial charge in [-0.25, -0.2) is 0 Å². The average molecular weight is 1280 g/mol. The van der Waals surface area contributed by atoms with Gasteiger partial charge < -0.3 is 48.3 Å². The first-order valence-corrected chi connectivity index (χ1v) is 23.2. The first kappa shape index (κ1) is 46.7. The Hall–Kier alpha value is -7.00. The summed E-state index contributed by atoms with van der Waals surface area (Å²) in [6.45, 7) is 4.41. The Morgan fingerprint density at radius 3 is 1.24 bits per heavy atom. The van der Waals surface area contributed by atoms with Crippen LogP contribution in [0.2, 0.25) is 0 Å². The van der Waals surface area contributed by atoms with Crippen LogP contribution in [0.25, 0.3) is 56.2 Å². The minimum absolute atomic E-state index is 0. The monoisotopic (exact) mass is 1280 g/mol. The Balaban J connectivity index is 0.00000284. The second-order valence-electron chi connectivity index (χ2n) is 17.0. The summed E-state index contributed by atoms with van der Waals surface area (Å²) in [5.41, 5.74) is 10.7. The van der Waals surface area contributed by atoms with Gasteiger partial charge in [0.15, 0.2) is 0 Å². The summed E-state index contributed by atoms with van der Waals surface area (Å²) < 4.78 is 20.6. The van der Waals surface area contributed by atoms with Crippen LogP contribution in [0.3, 0.4) is 0 Å². The summed E-state index contributed by atoms with van der Waals surface area (Å²) in [6, 6.07) is 50.6. The molecule has 0 spiro atoms. The smallest absolute Gasteiger partial charge is 0.268 e. The van der Waals surface area contributed by atoms with Crippen molar-refractivity contribution in [1.82, 2.24) is 29.1 Å². The molecular weight excluding hydrogens is 1230 g/mol. The summed E-state index contributed by atoms with van der Waals surface area (Å²) in [4.78, 5) is 23.1. The SMILES string of the molecule is [Pt].[Pt].[c-]1c(Oc2[c-]c(-c3[c-]c(Oc4[c-]c(-[n+]5[c-]n(-c6ccc(N7CCCCC7)cc6)c6ccccc65)cnc4)ccn3)ncc2)cncc1-[n+]1[c-]n(-c2ccc(N3CCCCC3)cc2)c2ccccc21. The summed E-state index contributed by atoms with van der Waals surface area (Å²) in [5.74, 6) is 1.63. The number of fused-ring (bicyclic) bond motifs is 2. The van der Waals surface area contributed by atoms with Crippen molar-refractivity contribution in [1.29, 1.82) is 0 Å². The van der Waals surface area contributed by atoms with E-state index in [1.165, 1.54) is 49.9 Å². The third-order valence-corrected chi connectivity index (χ3v) is 12.6. The molecule has 12 nitrogen and oxygen atoms in total. The number of pyridine rings is 4. The Kier molecular flexibility index (Phi) is 14.0. The minimum Gasteiger partial charge on any atom is -0.509 e. The molecule has 8 heterocycles. The topological polar surface area (TPSA) is 94.1 Å². The summed E-state index contributed by atoms with van der Waals surface area (Å²) in [6.07, 6.45) is 24.7. The molecule has 0 aliphatic carbocycles. The number of aromatic nitrogens is 8. The third-order valence-electron chi connectivity index (χ3n) is 12.6. The molecule has 4 aromatic carbocycles. The fourth-order valence-corrected chi connectivity index (χ4v) is 9.19. The van der Waals surface area contributed by atoms with Crippen molar-refractivity contribution < 1.29 is 60.7 Å². The molecule has 354 valence electrons. The second-order valence-corrected chi connectivity index (χ2v) is 17.0. The van der Waals surface area contributed by atoms with Gasteiger partial charge in [0.2, 0.25) is 0 Å². The van der Waals surface area contributed by atoms with Crippen molar-refractivity contribution in [2.24, 2.45) is 0 Å². The third kappa shape index (κ3) is 9.63. The average Bonchev–Trinajstić information content (AvgIpc) is 4.00. The van der Waals surface area contributed by atoms with E-state index < -0.39 is 0 Å². The molecule has 2 fully saturated rings. The van der Waals surface area contributed by atoms with Crippen molar-refractivity contribution in [3.05, 3.63) is 183 Å². The van der Waals surface area contributed by atoms with Gasteiger partial charge in [-0.1, -0.05) is 60.9 Å². The number of anilines is 2. The van der Waals surface area contributed by atoms with Crippen LogP contribution in [-0.4, -0.2) is 55.2 Å². The Morgan fingerprint density at radius 1 is 0.414 bits per heavy atom. The van der Waals surface area contributed by atoms with Gasteiger partial charge in [0.25, 0.3) is 12.7 Å². The molecule has 6 aromatic heterocycles. The maximum atomic E-state index is 6.30. The zero-order chi connectivity index (χ0) is 45.2. The molecule has 12 rings (SSSR count). The quantitative estimate of drug-likeness (QED) is 0.0935. The number of ether oxygens (including phenoxy) is 2. The Morgan fingerprint density at radius 2 is 0.814 bits per heavy atom. The molecule has 0 unspecified atom stereocenters. The van der Waals surface area contributed by atoms with Crippen molar-refractivity contribution in [2.45, 2.75) is 38.5 Å². The van der Waals surface area contributed by atoms with Crippen molar-refractivity contribution >= 4 is 33.4 Å². The van der Waals surface area contributed by atoms with E-state index in [-0.39, 0.29) is 42.1 Å². The predicted molar refractivity (Wildman–Crippen MR) is 258 cm³/mol. The van der Waals surface area contributed by atoms with Crippen molar-refractivity contribution in [3.63, 3.8) is 0 Å². The summed E-state index contributed by atoms with van der Waals surface area (Å²) in [7, 11) is 0. The van der Waals surface area contributed by atoms with E-state index in [0.29, 0.717) is 45.8 Å². The van der Waals surface area contributed by atoms with E-state index in [1.54, 1.807) is 49.3 Å². The Labute approximate surface area is 435 Å². The van der Waals surface area contributed by atoms with Crippen LogP contribution in [0.4, 0.5) is 11.4 Å². The molecule has 0 saturated carbocycles. The molecule has 0 amide bonds. The molecule has 0 N–H and O–H groups in total. The molecular formula is C56H44N10O2Pt2-4. The zero-order valence-corrected chi connectivity index (χ0v) is 42.4. The van der Waals surface area contributed by atoms with E-state index in [1.807, 2.05) is 33.4 Å². The van der Waals surface area contributed by atoms with E-state index in [4.69, 9.17) is 9.47 Å². The van der Waals surface area contributed by atoms with Gasteiger partial charge in [0, 0.05) is 103 Å². The van der Waals surface area contributed by atoms with E-state index in [2.05, 4.69) is 149 Å². The fraction of sp³-hybridized carbons (Fsp3) is 0.179. The summed E-state index contributed by atoms with van der Waals surface area (Å²) in [5, 5.41) is 0. The van der Waals surface area contributed by atoms with Gasteiger partial charge in [-0.05, 0) is 123 Å². The van der Waals surface area contributed by atoms with Gasteiger partial charge in [0.05, 0.1) is 33.4 Å². The van der Waals surface area contributed by atoms with E-state index in [9.17, 15) is 0 Å². The fourth-order valence-electron chi connectivity index (χ4n) is 9.19. The first-order valence-electron chi connectivity index (χ1n) is 23.2. The van der Waals surface area contributed by atoms with Gasteiger partial charge in [-0.3, -0.25) is 9.13 Å². The number of benzene rings is 4. The molecule has 0 atom stereocenters. The number of hydrogen-bond acceptors (Lipinski definition) is 8. The second kappa shape index (κ2) is 20.9. The van der Waals surface area contributed by atoms with Crippen molar-refractivity contribution in [3.8, 4) is 57.1 Å². The maximum absolute atomic E-state index is 6.30.